The Balaban J connectivity index is 3.31. The minimum absolute atomic E-state index is 0.118. The van der Waals surface area contributed by atoms with Gasteiger partial charge in [0.1, 0.15) is 0 Å². The molecule has 14 heavy (non-hydrogen) atoms. The molecule has 6 heteroatoms. The molecule has 1 aromatic heterocycles. The van der Waals surface area contributed by atoms with Crippen molar-refractivity contribution in [1.29, 1.82) is 0 Å². The van der Waals surface area contributed by atoms with Crippen LogP contribution in [0.3, 0.4) is 0 Å². The maximum absolute atomic E-state index is 10.8. The largest absolute Gasteiger partial charge is 0.481 e. The van der Waals surface area contributed by atoms with E-state index < -0.39 is 17.6 Å². The Morgan fingerprint density at radius 2 is 2.14 bits per heavy atom. The SMILES string of the molecule is COc1ccc(C(N)=O)c(C(=O)O)n1. The molecule has 0 radical (unpaired) electrons. The van der Waals surface area contributed by atoms with Crippen molar-refractivity contribution in [2.24, 2.45) is 5.73 Å². The highest BCUT2D eigenvalue weighted by atomic mass is 16.5. The zero-order chi connectivity index (χ0) is 10.7. The molecular weight excluding hydrogens is 188 g/mol. The summed E-state index contributed by atoms with van der Waals surface area (Å²) < 4.78 is 4.71. The Hall–Kier alpha value is -2.11. The molecule has 0 atom stereocenters. The van der Waals surface area contributed by atoms with Crippen molar-refractivity contribution in [2.45, 2.75) is 0 Å². The third-order valence-corrected chi connectivity index (χ3v) is 1.55. The van der Waals surface area contributed by atoms with E-state index in [9.17, 15) is 9.59 Å². The third kappa shape index (κ3) is 1.79. The average Bonchev–Trinajstić information content (AvgIpc) is 2.16. The van der Waals surface area contributed by atoms with Crippen LogP contribution in [-0.2, 0) is 0 Å². The number of carboxylic acid groups (broad SMARTS) is 1. The lowest BCUT2D eigenvalue weighted by Crippen LogP contribution is -2.17. The smallest absolute Gasteiger partial charge is 0.355 e. The summed E-state index contributed by atoms with van der Waals surface area (Å²) in [6.45, 7) is 0. The van der Waals surface area contributed by atoms with E-state index >= 15 is 0 Å². The first-order valence-electron chi connectivity index (χ1n) is 3.64. The maximum Gasteiger partial charge on any atom is 0.355 e. The lowest BCUT2D eigenvalue weighted by Gasteiger charge is -2.03. The normalized spacial score (nSPS) is 9.50. The molecular formula is C8H8N2O4. The number of pyridine rings is 1. The van der Waals surface area contributed by atoms with E-state index in [0.717, 1.165) is 0 Å². The number of carboxylic acids is 1. The molecule has 1 aromatic rings. The number of amides is 1. The number of rotatable bonds is 3. The lowest BCUT2D eigenvalue weighted by molar-refractivity contribution is 0.0684. The zero-order valence-corrected chi connectivity index (χ0v) is 7.35. The minimum atomic E-state index is -1.32. The van der Waals surface area contributed by atoms with E-state index in [0.29, 0.717) is 0 Å². The van der Waals surface area contributed by atoms with Gasteiger partial charge in [-0.05, 0) is 6.07 Å². The molecule has 0 saturated carbocycles. The van der Waals surface area contributed by atoms with Crippen LogP contribution in [0.2, 0.25) is 0 Å². The first kappa shape index (κ1) is 9.97. The van der Waals surface area contributed by atoms with E-state index in [1.54, 1.807) is 0 Å². The van der Waals surface area contributed by atoms with Gasteiger partial charge in [-0.2, -0.15) is 0 Å². The average molecular weight is 196 g/mol. The number of ether oxygens (including phenoxy) is 1. The number of nitrogens with zero attached hydrogens (tertiary/aromatic N) is 1. The molecule has 1 heterocycles. The molecule has 3 N–H and O–H groups in total. The number of hydrogen-bond donors (Lipinski definition) is 2. The van der Waals surface area contributed by atoms with E-state index in [-0.39, 0.29) is 11.4 Å². The second-order valence-electron chi connectivity index (χ2n) is 2.42. The van der Waals surface area contributed by atoms with Crippen LogP contribution in [0.4, 0.5) is 0 Å². The number of nitrogens with two attached hydrogens (primary N) is 1. The second-order valence-corrected chi connectivity index (χ2v) is 2.42. The molecule has 0 saturated heterocycles. The zero-order valence-electron chi connectivity index (χ0n) is 7.35. The van der Waals surface area contributed by atoms with Crippen molar-refractivity contribution in [3.05, 3.63) is 23.4 Å². The molecule has 0 aliphatic carbocycles. The fourth-order valence-corrected chi connectivity index (χ4v) is 0.917. The van der Waals surface area contributed by atoms with Crippen molar-refractivity contribution in [3.63, 3.8) is 0 Å². The molecule has 0 unspecified atom stereocenters. The van der Waals surface area contributed by atoms with Gasteiger partial charge in [-0.25, -0.2) is 9.78 Å². The molecule has 0 aliphatic heterocycles. The fourth-order valence-electron chi connectivity index (χ4n) is 0.917. The summed E-state index contributed by atoms with van der Waals surface area (Å²) in [5.41, 5.74) is 4.41. The van der Waals surface area contributed by atoms with Gasteiger partial charge in [0.2, 0.25) is 5.88 Å². The quantitative estimate of drug-likeness (QED) is 0.701. The van der Waals surface area contributed by atoms with Crippen molar-refractivity contribution in [2.75, 3.05) is 7.11 Å². The van der Waals surface area contributed by atoms with E-state index in [2.05, 4.69) is 4.98 Å². The Morgan fingerprint density at radius 3 is 2.57 bits per heavy atom. The molecule has 1 rings (SSSR count). The predicted molar refractivity (Wildman–Crippen MR) is 46.3 cm³/mol. The van der Waals surface area contributed by atoms with Crippen LogP contribution < -0.4 is 10.5 Å². The minimum Gasteiger partial charge on any atom is -0.481 e. The van der Waals surface area contributed by atoms with Gasteiger partial charge < -0.3 is 15.6 Å². The molecule has 0 spiro atoms. The highest BCUT2D eigenvalue weighted by molar-refractivity contribution is 6.02. The van der Waals surface area contributed by atoms with Crippen LogP contribution in [0.1, 0.15) is 20.8 Å². The Bertz CT molecular complexity index is 389. The molecule has 0 aliphatic rings. The summed E-state index contributed by atoms with van der Waals surface area (Å²) in [6, 6.07) is 2.63. The van der Waals surface area contributed by atoms with Gasteiger partial charge in [-0.1, -0.05) is 0 Å². The summed E-state index contributed by atoms with van der Waals surface area (Å²) >= 11 is 0. The molecule has 1 amide bonds. The Kier molecular flexibility index (Phi) is 2.66. The first-order chi connectivity index (χ1) is 6.56. The van der Waals surface area contributed by atoms with Gasteiger partial charge in [-0.15, -0.1) is 0 Å². The monoisotopic (exact) mass is 196 g/mol. The summed E-state index contributed by atoms with van der Waals surface area (Å²) in [7, 11) is 1.35. The fraction of sp³-hybridized carbons (Fsp3) is 0.125. The Morgan fingerprint density at radius 1 is 1.50 bits per heavy atom. The van der Waals surface area contributed by atoms with Crippen molar-refractivity contribution >= 4 is 11.9 Å². The van der Waals surface area contributed by atoms with Crippen LogP contribution >= 0.6 is 0 Å². The number of primary amides is 1. The van der Waals surface area contributed by atoms with Crippen LogP contribution in [0.15, 0.2) is 12.1 Å². The van der Waals surface area contributed by atoms with Crippen molar-refractivity contribution in [1.82, 2.24) is 4.98 Å². The number of methoxy groups -OCH3 is 1. The number of aromatic carboxylic acids is 1. The molecule has 0 aromatic carbocycles. The molecule has 0 bridgehead atoms. The highest BCUT2D eigenvalue weighted by Gasteiger charge is 2.16. The van der Waals surface area contributed by atoms with Gasteiger partial charge in [0, 0.05) is 6.07 Å². The standard InChI is InChI=1S/C8H8N2O4/c1-14-5-3-2-4(7(9)11)6(10-5)8(12)13/h2-3H,1H3,(H2,9,11)(H,12,13). The molecule has 6 nitrogen and oxygen atoms in total. The topological polar surface area (TPSA) is 103 Å². The Labute approximate surface area is 79.3 Å². The van der Waals surface area contributed by atoms with Crippen molar-refractivity contribution in [3.8, 4) is 5.88 Å². The summed E-state index contributed by atoms with van der Waals surface area (Å²) in [5, 5.41) is 8.71. The highest BCUT2D eigenvalue weighted by Crippen LogP contribution is 2.12. The van der Waals surface area contributed by atoms with Gasteiger partial charge in [0.05, 0.1) is 12.7 Å². The number of carbonyl (C=O) groups excluding carboxylic acids is 1. The summed E-state index contributed by atoms with van der Waals surface area (Å²) in [4.78, 5) is 25.1. The molecule has 74 valence electrons. The van der Waals surface area contributed by atoms with Crippen LogP contribution in [0.25, 0.3) is 0 Å². The van der Waals surface area contributed by atoms with Crippen LogP contribution in [0, 0.1) is 0 Å². The maximum atomic E-state index is 10.8. The van der Waals surface area contributed by atoms with Crippen LogP contribution in [0.5, 0.6) is 5.88 Å². The van der Waals surface area contributed by atoms with Crippen molar-refractivity contribution < 1.29 is 19.4 Å². The van der Waals surface area contributed by atoms with E-state index in [1.165, 1.54) is 19.2 Å². The predicted octanol–water partition coefficient (Wildman–Crippen LogP) is -0.113. The lowest BCUT2D eigenvalue weighted by atomic mass is 10.2. The van der Waals surface area contributed by atoms with Gasteiger partial charge in [-0.3, -0.25) is 4.79 Å². The molecule has 0 fully saturated rings. The van der Waals surface area contributed by atoms with E-state index in [4.69, 9.17) is 15.6 Å². The van der Waals surface area contributed by atoms with E-state index in [1.807, 2.05) is 0 Å². The summed E-state index contributed by atoms with van der Waals surface area (Å²) in [6.07, 6.45) is 0. The van der Waals surface area contributed by atoms with Gasteiger partial charge in [0.15, 0.2) is 5.69 Å². The number of hydrogen-bond acceptors (Lipinski definition) is 4. The van der Waals surface area contributed by atoms with Gasteiger partial charge in [0.25, 0.3) is 5.91 Å². The third-order valence-electron chi connectivity index (χ3n) is 1.55. The van der Waals surface area contributed by atoms with Gasteiger partial charge >= 0.3 is 5.97 Å². The first-order valence-corrected chi connectivity index (χ1v) is 3.64. The number of aromatic nitrogens is 1. The second kappa shape index (κ2) is 3.73. The summed E-state index contributed by atoms with van der Waals surface area (Å²) in [5.74, 6) is -2.04. The van der Waals surface area contributed by atoms with Crippen LogP contribution in [-0.4, -0.2) is 29.1 Å². The number of carbonyl (C=O) groups is 2.